The third-order valence-electron chi connectivity index (χ3n) is 5.73. The molecule has 3 N–H and O–H groups in total. The van der Waals surface area contributed by atoms with Crippen molar-refractivity contribution in [2.24, 2.45) is 11.3 Å². The molecule has 3 aromatic heterocycles. The topological polar surface area (TPSA) is 120 Å². The van der Waals surface area contributed by atoms with E-state index >= 15 is 0 Å². The van der Waals surface area contributed by atoms with E-state index in [0.717, 1.165) is 4.88 Å². The van der Waals surface area contributed by atoms with Crippen molar-refractivity contribution in [3.8, 4) is 17.9 Å². The number of imidazole rings is 1. The molecule has 146 valence electrons. The van der Waals surface area contributed by atoms with Crippen LogP contribution >= 0.6 is 22.9 Å². The van der Waals surface area contributed by atoms with Crippen LogP contribution in [-0.2, 0) is 0 Å². The molecular formula is C19H15ClN6O2S. The molecule has 2 aliphatic rings. The zero-order valence-electron chi connectivity index (χ0n) is 15.2. The number of hydrogen-bond acceptors (Lipinski definition) is 8. The number of aromatic nitrogens is 4. The Balaban J connectivity index is 1.60. The summed E-state index contributed by atoms with van der Waals surface area (Å²) < 4.78 is 2.38. The summed E-state index contributed by atoms with van der Waals surface area (Å²) in [6.45, 7) is 0. The monoisotopic (exact) mass is 426 g/mol. The van der Waals surface area contributed by atoms with Crippen LogP contribution in [0, 0.1) is 34.5 Å². The van der Waals surface area contributed by atoms with E-state index in [0.29, 0.717) is 33.6 Å². The van der Waals surface area contributed by atoms with Gasteiger partial charge in [0, 0.05) is 13.0 Å². The predicted octanol–water partition coefficient (Wildman–Crippen LogP) is 1.79. The molecule has 29 heavy (non-hydrogen) atoms. The molecule has 10 heteroatoms. The maximum absolute atomic E-state index is 10.6. The van der Waals surface area contributed by atoms with Gasteiger partial charge in [0.15, 0.2) is 17.0 Å². The average Bonchev–Trinajstić information content (AvgIpc) is 2.96. The van der Waals surface area contributed by atoms with Gasteiger partial charge in [-0.15, -0.1) is 11.3 Å². The first-order chi connectivity index (χ1) is 14.0. The van der Waals surface area contributed by atoms with Crippen LogP contribution in [0.25, 0.3) is 11.2 Å². The number of nitriles is 1. The minimum absolute atomic E-state index is 0.148. The van der Waals surface area contributed by atoms with Crippen molar-refractivity contribution in [3.63, 3.8) is 0 Å². The molecule has 0 radical (unpaired) electrons. The maximum Gasteiger partial charge on any atom is 0.209 e. The second-order valence-electron chi connectivity index (χ2n) is 7.21. The molecule has 5 rings (SSSR count). The van der Waals surface area contributed by atoms with Gasteiger partial charge in [0.1, 0.15) is 12.2 Å². The Kier molecular flexibility index (Phi) is 4.05. The Labute approximate surface area is 174 Å². The van der Waals surface area contributed by atoms with Crippen molar-refractivity contribution in [2.75, 3.05) is 12.4 Å². The third-order valence-corrected chi connectivity index (χ3v) is 6.88. The number of rotatable bonds is 2. The first-order valence-electron chi connectivity index (χ1n) is 8.95. The SMILES string of the molecule is CNc1nc(C#Cc2ccc(Cl)s2)nc2c1ncn2[C@H]1[C@H](O)[C@H](O)[C@]2(C#N)C[C@H]12. The molecular weight excluding hydrogens is 412 g/mol. The smallest absolute Gasteiger partial charge is 0.209 e. The van der Waals surface area contributed by atoms with Crippen molar-refractivity contribution in [3.05, 3.63) is 33.5 Å². The largest absolute Gasteiger partial charge is 0.389 e. The number of aliphatic hydroxyl groups excluding tert-OH is 2. The van der Waals surface area contributed by atoms with Crippen molar-refractivity contribution < 1.29 is 10.2 Å². The van der Waals surface area contributed by atoms with Gasteiger partial charge in [0.05, 0.1) is 33.1 Å². The minimum Gasteiger partial charge on any atom is -0.389 e. The summed E-state index contributed by atoms with van der Waals surface area (Å²) in [5, 5.41) is 33.5. The van der Waals surface area contributed by atoms with Gasteiger partial charge in [-0.25, -0.2) is 15.0 Å². The quantitative estimate of drug-likeness (QED) is 0.534. The van der Waals surface area contributed by atoms with Gasteiger partial charge < -0.3 is 20.1 Å². The van der Waals surface area contributed by atoms with Gasteiger partial charge in [0.25, 0.3) is 0 Å². The van der Waals surface area contributed by atoms with Crippen molar-refractivity contribution in [1.82, 2.24) is 19.5 Å². The van der Waals surface area contributed by atoms with E-state index in [4.69, 9.17) is 11.6 Å². The second kappa shape index (κ2) is 6.41. The van der Waals surface area contributed by atoms with Crippen molar-refractivity contribution >= 4 is 39.9 Å². The normalized spacial score (nSPS) is 29.8. The zero-order valence-corrected chi connectivity index (χ0v) is 16.7. The van der Waals surface area contributed by atoms with Gasteiger partial charge in [-0.3, -0.25) is 0 Å². The zero-order chi connectivity index (χ0) is 20.3. The molecule has 0 aliphatic heterocycles. The lowest BCUT2D eigenvalue weighted by Crippen LogP contribution is -2.33. The number of nitrogens with zero attached hydrogens (tertiary/aromatic N) is 5. The molecule has 2 fully saturated rings. The summed E-state index contributed by atoms with van der Waals surface area (Å²) in [6, 6.07) is 5.31. The summed E-state index contributed by atoms with van der Waals surface area (Å²) in [6.07, 6.45) is -0.0417. The molecule has 0 bridgehead atoms. The number of thiophene rings is 1. The highest BCUT2D eigenvalue weighted by molar-refractivity contribution is 7.16. The van der Waals surface area contributed by atoms with Crippen LogP contribution in [0.1, 0.15) is 23.2 Å². The molecule has 3 aromatic rings. The Morgan fingerprint density at radius 2 is 2.17 bits per heavy atom. The predicted molar refractivity (Wildman–Crippen MR) is 107 cm³/mol. The van der Waals surface area contributed by atoms with Crippen LogP contribution in [0.2, 0.25) is 4.34 Å². The fourth-order valence-electron chi connectivity index (χ4n) is 4.22. The Morgan fingerprint density at radius 1 is 1.34 bits per heavy atom. The second-order valence-corrected chi connectivity index (χ2v) is 8.93. The van der Waals surface area contributed by atoms with Crippen LogP contribution in [0.15, 0.2) is 18.5 Å². The van der Waals surface area contributed by atoms with Crippen LogP contribution in [0.5, 0.6) is 0 Å². The van der Waals surface area contributed by atoms with Gasteiger partial charge in [-0.05, 0) is 30.4 Å². The molecule has 8 nitrogen and oxygen atoms in total. The van der Waals surface area contributed by atoms with Crippen molar-refractivity contribution in [1.29, 1.82) is 5.26 Å². The lowest BCUT2D eigenvalue weighted by molar-refractivity contribution is -0.00676. The van der Waals surface area contributed by atoms with E-state index in [1.54, 1.807) is 24.0 Å². The first kappa shape index (κ1) is 18.3. The Morgan fingerprint density at radius 3 is 2.83 bits per heavy atom. The molecule has 5 atom stereocenters. The van der Waals surface area contributed by atoms with E-state index in [1.165, 1.54) is 11.3 Å². The Hall–Kier alpha value is -2.69. The molecule has 0 unspecified atom stereocenters. The van der Waals surface area contributed by atoms with E-state index in [-0.39, 0.29) is 5.92 Å². The summed E-state index contributed by atoms with van der Waals surface area (Å²) in [7, 11) is 1.73. The number of fused-ring (bicyclic) bond motifs is 2. The summed E-state index contributed by atoms with van der Waals surface area (Å²) in [4.78, 5) is 14.1. The van der Waals surface area contributed by atoms with Crippen molar-refractivity contribution in [2.45, 2.75) is 24.7 Å². The van der Waals surface area contributed by atoms with Crippen LogP contribution in [-0.4, -0.2) is 49.0 Å². The fourth-order valence-corrected chi connectivity index (χ4v) is 5.11. The lowest BCUT2D eigenvalue weighted by Gasteiger charge is -2.22. The highest BCUT2D eigenvalue weighted by atomic mass is 35.5. The Bertz CT molecular complexity index is 1240. The third kappa shape index (κ3) is 2.63. The summed E-state index contributed by atoms with van der Waals surface area (Å²) >= 11 is 7.31. The standard InChI is InChI=1S/C19H15ClN6O2S/c1-22-17-13-18(25-12(24-17)5-3-9-2-4-11(20)29-9)26(8-23-13)14-10-6-19(10,7-21)16(28)15(14)27/h2,4,8,10,14-16,27-28H,6H2,1H3,(H,22,24,25)/t10-,14-,15+,16+,19+/m1/s1. The number of nitrogens with one attached hydrogen (secondary N) is 1. The maximum atomic E-state index is 10.6. The molecule has 0 amide bonds. The van der Waals surface area contributed by atoms with Gasteiger partial charge in [-0.2, -0.15) is 5.26 Å². The molecule has 2 aliphatic carbocycles. The number of halogens is 1. The van der Waals surface area contributed by atoms with Gasteiger partial charge in [0.2, 0.25) is 5.82 Å². The number of hydrogen-bond donors (Lipinski definition) is 3. The molecule has 0 aromatic carbocycles. The fraction of sp³-hybridized carbons (Fsp3) is 0.368. The van der Waals surface area contributed by atoms with E-state index in [9.17, 15) is 15.5 Å². The van der Waals surface area contributed by atoms with E-state index < -0.39 is 23.7 Å². The first-order valence-corrected chi connectivity index (χ1v) is 10.1. The minimum atomic E-state index is -1.09. The van der Waals surface area contributed by atoms with Crippen LogP contribution in [0.3, 0.4) is 0 Å². The van der Waals surface area contributed by atoms with Crippen LogP contribution in [0.4, 0.5) is 5.82 Å². The highest BCUT2D eigenvalue weighted by Crippen LogP contribution is 2.67. The summed E-state index contributed by atoms with van der Waals surface area (Å²) in [5.74, 6) is 6.60. The van der Waals surface area contributed by atoms with Gasteiger partial charge >= 0.3 is 0 Å². The number of anilines is 1. The summed E-state index contributed by atoms with van der Waals surface area (Å²) in [5.41, 5.74) is 0.143. The molecule has 2 saturated carbocycles. The molecule has 0 spiro atoms. The highest BCUT2D eigenvalue weighted by Gasteiger charge is 2.72. The lowest BCUT2D eigenvalue weighted by atomic mass is 10.0. The average molecular weight is 427 g/mol. The van der Waals surface area contributed by atoms with Gasteiger partial charge in [-0.1, -0.05) is 11.6 Å². The number of aliphatic hydroxyl groups is 2. The van der Waals surface area contributed by atoms with Crippen LogP contribution < -0.4 is 5.32 Å². The van der Waals surface area contributed by atoms with E-state index in [2.05, 4.69) is 38.2 Å². The van der Waals surface area contributed by atoms with E-state index in [1.807, 2.05) is 6.07 Å². The molecule has 3 heterocycles. The molecule has 0 saturated heterocycles.